The van der Waals surface area contributed by atoms with Gasteiger partial charge in [0.25, 0.3) is 0 Å². The van der Waals surface area contributed by atoms with E-state index in [1.54, 1.807) is 24.3 Å². The van der Waals surface area contributed by atoms with Crippen molar-refractivity contribution < 1.29 is 27.8 Å². The average molecular weight is 718 g/mol. The van der Waals surface area contributed by atoms with Crippen LogP contribution in [0.1, 0.15) is 62.6 Å². The number of carbonyl (C=O) groups excluding carboxylic acids is 1. The number of aromatic amines is 2. The number of nitrogens with zero attached hydrogens (tertiary/aromatic N) is 7. The van der Waals surface area contributed by atoms with Gasteiger partial charge in [0, 0.05) is 0 Å². The van der Waals surface area contributed by atoms with E-state index >= 15 is 0 Å². The molecule has 6 rings (SSSR count). The fourth-order valence-corrected chi connectivity index (χ4v) is 4.91. The Bertz CT molecular complexity index is 2300. The number of aromatic nitrogens is 8. The molecule has 274 valence electrons. The van der Waals surface area contributed by atoms with Crippen molar-refractivity contribution in [2.45, 2.75) is 65.5 Å². The second kappa shape index (κ2) is 16.9. The van der Waals surface area contributed by atoms with Crippen molar-refractivity contribution in [1.29, 1.82) is 5.26 Å². The molecule has 19 nitrogen and oxygen atoms in total. The van der Waals surface area contributed by atoms with Gasteiger partial charge in [-0.1, -0.05) is 26.7 Å². The monoisotopic (exact) mass is 717 g/mol. The van der Waals surface area contributed by atoms with Crippen molar-refractivity contribution in [1.82, 2.24) is 39.0 Å². The number of imidazole rings is 2. The zero-order valence-corrected chi connectivity index (χ0v) is 28.9. The fourth-order valence-electron chi connectivity index (χ4n) is 4.91. The van der Waals surface area contributed by atoms with Crippen molar-refractivity contribution in [3.8, 4) is 18.1 Å². The summed E-state index contributed by atoms with van der Waals surface area (Å²) < 4.78 is 29.5. The number of nitrogens with one attached hydrogen (secondary N) is 2. The number of anilines is 2. The van der Waals surface area contributed by atoms with Crippen LogP contribution in [0.4, 0.5) is 11.6 Å². The lowest BCUT2D eigenvalue weighted by atomic mass is 10.3. The normalized spacial score (nSPS) is 11.0. The summed E-state index contributed by atoms with van der Waals surface area (Å²) in [5, 5.41) is 8.71. The van der Waals surface area contributed by atoms with Crippen LogP contribution in [0.5, 0.6) is 12.0 Å². The quantitative estimate of drug-likeness (QED) is 0.0878. The standard InChI is InChI=1S/C17H21N5O5.C16H18N6O3/c1-3-4-7-26-16-20-14(18)13-15(21-16)22(17(24)19-13)9-11-6-5-10(27-11)8-12(23)25-2;1-2-3-8-24-15-20-13(18)12-14(21-15)22(16(23)19-12)9-11-5-4-10(25-11)6-7-17/h5-6H,3-4,7-9H2,1-2H3,(H,19,24)(H2,18,20,21);4-5H,2-3,6,8-9H2,1H3,(H,19,23)(H2,18,20,21). The Kier molecular flexibility index (Phi) is 11.9. The lowest BCUT2D eigenvalue weighted by Crippen LogP contribution is -2.17. The van der Waals surface area contributed by atoms with Crippen LogP contribution in [0, 0.1) is 11.3 Å². The van der Waals surface area contributed by atoms with Crippen LogP contribution >= 0.6 is 0 Å². The number of methoxy groups -OCH3 is 1. The second-order valence-electron chi connectivity index (χ2n) is 11.4. The summed E-state index contributed by atoms with van der Waals surface area (Å²) in [5.41, 5.74) is 12.4. The van der Waals surface area contributed by atoms with Crippen LogP contribution in [-0.4, -0.2) is 65.3 Å². The first-order valence-corrected chi connectivity index (χ1v) is 16.5. The Morgan fingerprint density at radius 1 is 0.788 bits per heavy atom. The molecule has 0 fully saturated rings. The number of ether oxygens (including phenoxy) is 3. The molecule has 0 amide bonds. The number of furan rings is 2. The first-order valence-electron chi connectivity index (χ1n) is 16.5. The fraction of sp³-hybridized carbons (Fsp3) is 0.394. The Labute approximate surface area is 295 Å². The summed E-state index contributed by atoms with van der Waals surface area (Å²) in [6, 6.07) is 9.05. The predicted molar refractivity (Wildman–Crippen MR) is 187 cm³/mol. The maximum Gasteiger partial charge on any atom is 0.328 e. The summed E-state index contributed by atoms with van der Waals surface area (Å²) >= 11 is 0. The lowest BCUT2D eigenvalue weighted by Gasteiger charge is -2.06. The third-order valence-corrected chi connectivity index (χ3v) is 7.58. The third-order valence-electron chi connectivity index (χ3n) is 7.58. The van der Waals surface area contributed by atoms with Gasteiger partial charge in [0.05, 0.1) is 45.9 Å². The van der Waals surface area contributed by atoms with Crippen LogP contribution in [0.2, 0.25) is 0 Å². The molecular formula is C33H39N11O8. The Balaban J connectivity index is 0.000000202. The van der Waals surface area contributed by atoms with Crippen LogP contribution in [0.25, 0.3) is 22.3 Å². The van der Waals surface area contributed by atoms with Gasteiger partial charge in [-0.2, -0.15) is 25.2 Å². The minimum Gasteiger partial charge on any atom is -0.469 e. The topological polar surface area (TPSA) is 274 Å². The Morgan fingerprint density at radius 3 is 1.71 bits per heavy atom. The van der Waals surface area contributed by atoms with Crippen LogP contribution < -0.4 is 32.3 Å². The van der Waals surface area contributed by atoms with Gasteiger partial charge < -0.3 is 44.5 Å². The van der Waals surface area contributed by atoms with E-state index in [1.807, 2.05) is 13.0 Å². The van der Waals surface area contributed by atoms with Crippen LogP contribution in [0.3, 0.4) is 0 Å². The molecule has 6 aromatic rings. The van der Waals surface area contributed by atoms with Gasteiger partial charge in [-0.25, -0.2) is 9.59 Å². The number of unbranched alkanes of at least 4 members (excludes halogenated alkanes) is 2. The zero-order valence-electron chi connectivity index (χ0n) is 28.9. The molecule has 52 heavy (non-hydrogen) atoms. The summed E-state index contributed by atoms with van der Waals surface area (Å²) in [5.74, 6) is 1.90. The van der Waals surface area contributed by atoms with Gasteiger partial charge in [0.2, 0.25) is 0 Å². The third kappa shape index (κ3) is 8.76. The number of nitrogen functional groups attached to an aromatic ring is 2. The molecule has 0 aromatic carbocycles. The SMILES string of the molecule is CCCCOc1nc(N)c2[nH]c(=O)n(Cc3ccc(CC#N)o3)c2n1.CCCCOc1nc(N)c2[nH]c(=O)n(Cc3ccc(CC(=O)OC)o3)c2n1. The first-order chi connectivity index (χ1) is 25.1. The highest BCUT2D eigenvalue weighted by Gasteiger charge is 2.18. The van der Waals surface area contributed by atoms with Crippen molar-refractivity contribution in [2.24, 2.45) is 0 Å². The molecule has 0 aliphatic heterocycles. The minimum atomic E-state index is -0.408. The number of nitrogens with two attached hydrogens (primary N) is 2. The molecular weight excluding hydrogens is 678 g/mol. The van der Waals surface area contributed by atoms with Gasteiger partial charge in [0.15, 0.2) is 22.9 Å². The van der Waals surface area contributed by atoms with Gasteiger partial charge in [-0.05, 0) is 37.1 Å². The number of rotatable bonds is 15. The van der Waals surface area contributed by atoms with Crippen molar-refractivity contribution in [3.05, 3.63) is 68.3 Å². The van der Waals surface area contributed by atoms with Crippen molar-refractivity contribution >= 4 is 39.9 Å². The van der Waals surface area contributed by atoms with Gasteiger partial charge in [-0.15, -0.1) is 0 Å². The predicted octanol–water partition coefficient (Wildman–Crippen LogP) is 2.83. The highest BCUT2D eigenvalue weighted by atomic mass is 16.5. The smallest absolute Gasteiger partial charge is 0.328 e. The summed E-state index contributed by atoms with van der Waals surface area (Å²) in [6.45, 7) is 5.32. The zero-order chi connectivity index (χ0) is 37.2. The molecule has 0 radical (unpaired) electrons. The van der Waals surface area contributed by atoms with Gasteiger partial charge in [0.1, 0.15) is 40.5 Å². The first kappa shape index (κ1) is 36.7. The molecule has 0 spiro atoms. The molecule has 0 atom stereocenters. The minimum absolute atomic E-state index is 0.0177. The van der Waals surface area contributed by atoms with E-state index < -0.39 is 11.7 Å². The van der Waals surface area contributed by atoms with Crippen LogP contribution in [0.15, 0.2) is 42.7 Å². The summed E-state index contributed by atoms with van der Waals surface area (Å²) in [6.07, 6.45) is 3.87. The molecule has 6 N–H and O–H groups in total. The molecule has 0 saturated carbocycles. The molecule has 0 aliphatic carbocycles. The molecule has 6 heterocycles. The maximum absolute atomic E-state index is 12.3. The lowest BCUT2D eigenvalue weighted by molar-refractivity contribution is -0.140. The van der Waals surface area contributed by atoms with Crippen LogP contribution in [-0.2, 0) is 35.5 Å². The van der Waals surface area contributed by atoms with E-state index in [9.17, 15) is 14.4 Å². The van der Waals surface area contributed by atoms with Gasteiger partial charge in [-0.3, -0.25) is 13.9 Å². The number of hydrogen-bond acceptors (Lipinski definition) is 15. The number of carbonyl (C=O) groups is 1. The van der Waals surface area contributed by atoms with E-state index in [-0.39, 0.29) is 55.3 Å². The van der Waals surface area contributed by atoms with E-state index in [4.69, 9.17) is 35.0 Å². The summed E-state index contributed by atoms with van der Waals surface area (Å²) in [4.78, 5) is 57.9. The number of esters is 1. The maximum atomic E-state index is 12.3. The van der Waals surface area contributed by atoms with E-state index in [2.05, 4.69) is 41.6 Å². The molecule has 0 bridgehead atoms. The average Bonchev–Trinajstić information content (AvgIpc) is 3.90. The molecule has 0 aliphatic rings. The second-order valence-corrected chi connectivity index (χ2v) is 11.4. The highest BCUT2D eigenvalue weighted by molar-refractivity contribution is 5.82. The van der Waals surface area contributed by atoms with Gasteiger partial charge >= 0.3 is 29.4 Å². The Morgan fingerprint density at radius 2 is 1.25 bits per heavy atom. The van der Waals surface area contributed by atoms with Crippen molar-refractivity contribution in [2.75, 3.05) is 31.8 Å². The van der Waals surface area contributed by atoms with E-state index in [0.717, 1.165) is 25.7 Å². The number of H-pyrrole nitrogens is 2. The molecule has 0 unspecified atom stereocenters. The highest BCUT2D eigenvalue weighted by Crippen LogP contribution is 2.21. The molecule has 6 aromatic heterocycles. The summed E-state index contributed by atoms with van der Waals surface area (Å²) in [7, 11) is 1.31. The van der Waals surface area contributed by atoms with E-state index in [0.29, 0.717) is 58.6 Å². The number of fused-ring (bicyclic) bond motifs is 2. The number of nitriles is 1. The molecule has 0 saturated heterocycles. The van der Waals surface area contributed by atoms with Crippen molar-refractivity contribution in [3.63, 3.8) is 0 Å². The largest absolute Gasteiger partial charge is 0.469 e. The number of hydrogen-bond donors (Lipinski definition) is 4. The Hall–Kier alpha value is -6.58. The van der Waals surface area contributed by atoms with E-state index in [1.165, 1.54) is 16.2 Å². The molecule has 19 heteroatoms.